The van der Waals surface area contributed by atoms with Crippen LogP contribution in [0.3, 0.4) is 0 Å². The molecule has 1 aliphatic rings. The second-order valence-corrected chi connectivity index (χ2v) is 9.42. The topological polar surface area (TPSA) is 117 Å². The van der Waals surface area contributed by atoms with E-state index in [0.717, 1.165) is 55.8 Å². The molecule has 1 aromatic carbocycles. The summed E-state index contributed by atoms with van der Waals surface area (Å²) < 4.78 is 0. The molecule has 3 amide bonds. The van der Waals surface area contributed by atoms with Gasteiger partial charge in [0.15, 0.2) is 0 Å². The molecule has 0 bridgehead atoms. The number of nitrogens with two attached hydrogens (primary N) is 1. The number of primary amides is 1. The van der Waals surface area contributed by atoms with Gasteiger partial charge in [0.1, 0.15) is 17.8 Å². The van der Waals surface area contributed by atoms with E-state index in [1.165, 1.54) is 6.42 Å². The van der Waals surface area contributed by atoms with E-state index in [0.29, 0.717) is 30.3 Å². The molecule has 8 heteroatoms. The van der Waals surface area contributed by atoms with Gasteiger partial charge in [0.25, 0.3) is 5.91 Å². The Morgan fingerprint density at radius 1 is 1.03 bits per heavy atom. The van der Waals surface area contributed by atoms with Gasteiger partial charge in [-0.1, -0.05) is 63.1 Å². The fourth-order valence-corrected chi connectivity index (χ4v) is 4.79. The molecule has 2 atom stereocenters. The third-order valence-corrected chi connectivity index (χ3v) is 6.74. The molecule has 0 aliphatic heterocycles. The minimum absolute atomic E-state index is 0.333. The van der Waals surface area contributed by atoms with E-state index in [-0.39, 0.29) is 11.8 Å². The largest absolute Gasteiger partial charge is 0.368 e. The van der Waals surface area contributed by atoms with Crippen LogP contribution < -0.4 is 16.4 Å². The summed E-state index contributed by atoms with van der Waals surface area (Å²) in [6.07, 6.45) is 9.06. The van der Waals surface area contributed by atoms with E-state index in [2.05, 4.69) is 15.6 Å². The van der Waals surface area contributed by atoms with Gasteiger partial charge in [-0.05, 0) is 37.3 Å². The Labute approximate surface area is 200 Å². The van der Waals surface area contributed by atoms with Crippen LogP contribution in [0.15, 0.2) is 30.3 Å². The van der Waals surface area contributed by atoms with Crippen molar-refractivity contribution in [1.29, 1.82) is 0 Å². The number of benzene rings is 1. The monoisotopic (exact) mass is 474 g/mol. The number of carbonyl (C=O) groups excluding carboxylic acids is 3. The Kier molecular flexibility index (Phi) is 9.61. The summed E-state index contributed by atoms with van der Waals surface area (Å²) in [5.41, 5.74) is 6.82. The van der Waals surface area contributed by atoms with Gasteiger partial charge in [0.2, 0.25) is 11.8 Å². The smallest absolute Gasteiger partial charge is 0.268 e. The Balaban J connectivity index is 1.69. The number of aromatic amines is 1. The predicted molar refractivity (Wildman–Crippen MR) is 131 cm³/mol. The summed E-state index contributed by atoms with van der Waals surface area (Å²) in [5.74, 6) is -0.316. The normalized spacial score (nSPS) is 16.3. The van der Waals surface area contributed by atoms with Crippen molar-refractivity contribution in [2.75, 3.05) is 5.88 Å². The van der Waals surface area contributed by atoms with Crippen molar-refractivity contribution >= 4 is 40.2 Å². The fourth-order valence-electron chi connectivity index (χ4n) is 4.60. The van der Waals surface area contributed by atoms with Crippen molar-refractivity contribution in [1.82, 2.24) is 15.6 Å². The van der Waals surface area contributed by atoms with Crippen molar-refractivity contribution in [3.05, 3.63) is 36.0 Å². The molecule has 0 spiro atoms. The number of fused-ring (bicyclic) bond motifs is 1. The lowest BCUT2D eigenvalue weighted by molar-refractivity contribution is -0.129. The van der Waals surface area contributed by atoms with Crippen molar-refractivity contribution in [2.24, 2.45) is 11.7 Å². The molecule has 5 N–H and O–H groups in total. The molecule has 0 radical (unpaired) electrons. The predicted octanol–water partition coefficient (Wildman–Crippen LogP) is 4.01. The molecule has 1 fully saturated rings. The van der Waals surface area contributed by atoms with E-state index in [1.807, 2.05) is 24.3 Å². The SMILES string of the molecule is NC(=O)C(CCCCCCl)NC(=O)[C@H](CC1CCCCC1)NC(=O)c1cc2ccccc2[nH]1. The highest BCUT2D eigenvalue weighted by Crippen LogP contribution is 2.27. The number of rotatable bonds is 12. The number of carbonyl (C=O) groups is 3. The number of unbranched alkanes of at least 4 members (excludes halogenated alkanes) is 2. The van der Waals surface area contributed by atoms with Gasteiger partial charge in [0, 0.05) is 16.8 Å². The number of amides is 3. The molecule has 3 rings (SSSR count). The third-order valence-electron chi connectivity index (χ3n) is 6.48. The standard InChI is InChI=1S/C25H35ClN4O3/c26-14-8-2-5-13-20(23(27)31)29-24(32)21(15-17-9-3-1-4-10-17)30-25(33)22-16-18-11-6-7-12-19(18)28-22/h6-7,11-12,16-17,20-21,28H,1-5,8-10,13-15H2,(H2,27,31)(H,29,32)(H,30,33)/t20?,21-/m0/s1. The van der Waals surface area contributed by atoms with Crippen molar-refractivity contribution in [3.8, 4) is 0 Å². The third kappa shape index (κ3) is 7.49. The zero-order valence-electron chi connectivity index (χ0n) is 19.1. The molecule has 0 saturated heterocycles. The van der Waals surface area contributed by atoms with Crippen LogP contribution in [0.2, 0.25) is 0 Å². The zero-order valence-corrected chi connectivity index (χ0v) is 19.8. The van der Waals surface area contributed by atoms with Crippen molar-refractivity contribution < 1.29 is 14.4 Å². The number of nitrogens with one attached hydrogen (secondary N) is 3. The van der Waals surface area contributed by atoms with Crippen LogP contribution in [0, 0.1) is 5.92 Å². The summed E-state index contributed by atoms with van der Waals surface area (Å²) in [4.78, 5) is 41.3. The molecule has 7 nitrogen and oxygen atoms in total. The second kappa shape index (κ2) is 12.6. The average Bonchev–Trinajstić information content (AvgIpc) is 3.25. The van der Waals surface area contributed by atoms with E-state index in [9.17, 15) is 14.4 Å². The number of hydrogen-bond donors (Lipinski definition) is 4. The van der Waals surface area contributed by atoms with Crippen LogP contribution in [-0.4, -0.2) is 40.7 Å². The highest BCUT2D eigenvalue weighted by molar-refractivity contribution is 6.17. The molecule has 1 heterocycles. The number of hydrogen-bond acceptors (Lipinski definition) is 3. The second-order valence-electron chi connectivity index (χ2n) is 9.04. The summed E-state index contributed by atoms with van der Waals surface area (Å²) >= 11 is 5.72. The highest BCUT2D eigenvalue weighted by atomic mass is 35.5. The molecular weight excluding hydrogens is 440 g/mol. The van der Waals surface area contributed by atoms with Crippen LogP contribution in [-0.2, 0) is 9.59 Å². The van der Waals surface area contributed by atoms with Gasteiger partial charge >= 0.3 is 0 Å². The Hall–Kier alpha value is -2.54. The molecule has 1 saturated carbocycles. The van der Waals surface area contributed by atoms with Crippen LogP contribution in [0.1, 0.15) is 74.7 Å². The summed E-state index contributed by atoms with van der Waals surface area (Å²) in [7, 11) is 0. The lowest BCUT2D eigenvalue weighted by Gasteiger charge is -2.27. The lowest BCUT2D eigenvalue weighted by Crippen LogP contribution is -2.53. The maximum Gasteiger partial charge on any atom is 0.268 e. The minimum atomic E-state index is -0.758. The van der Waals surface area contributed by atoms with E-state index in [1.54, 1.807) is 6.07 Å². The first-order valence-corrected chi connectivity index (χ1v) is 12.6. The number of alkyl halides is 1. The molecule has 180 valence electrons. The molecule has 1 aliphatic carbocycles. The van der Waals surface area contributed by atoms with Gasteiger partial charge < -0.3 is 21.4 Å². The molecular formula is C25H35ClN4O3. The first kappa shape index (κ1) is 25.1. The van der Waals surface area contributed by atoms with Crippen LogP contribution in [0.5, 0.6) is 0 Å². The number of para-hydroxylation sites is 1. The van der Waals surface area contributed by atoms with Crippen LogP contribution >= 0.6 is 11.6 Å². The fraction of sp³-hybridized carbons (Fsp3) is 0.560. The van der Waals surface area contributed by atoms with Crippen LogP contribution in [0.25, 0.3) is 10.9 Å². The zero-order chi connectivity index (χ0) is 23.6. The van der Waals surface area contributed by atoms with Gasteiger partial charge in [-0.25, -0.2) is 0 Å². The number of aromatic nitrogens is 1. The Bertz CT molecular complexity index is 906. The highest BCUT2D eigenvalue weighted by Gasteiger charge is 2.29. The quantitative estimate of drug-likeness (QED) is 0.275. The van der Waals surface area contributed by atoms with Crippen molar-refractivity contribution in [3.63, 3.8) is 0 Å². The van der Waals surface area contributed by atoms with Crippen molar-refractivity contribution in [2.45, 2.75) is 76.3 Å². The lowest BCUT2D eigenvalue weighted by atomic mass is 9.84. The Morgan fingerprint density at radius 2 is 1.79 bits per heavy atom. The molecule has 33 heavy (non-hydrogen) atoms. The molecule has 2 aromatic rings. The van der Waals surface area contributed by atoms with Gasteiger partial charge in [-0.3, -0.25) is 14.4 Å². The summed E-state index contributed by atoms with van der Waals surface area (Å²) in [6.45, 7) is 0. The van der Waals surface area contributed by atoms with E-state index < -0.39 is 18.0 Å². The maximum atomic E-state index is 13.2. The minimum Gasteiger partial charge on any atom is -0.368 e. The molecule has 1 aromatic heterocycles. The first-order chi connectivity index (χ1) is 16.0. The average molecular weight is 475 g/mol. The van der Waals surface area contributed by atoms with Gasteiger partial charge in [0.05, 0.1) is 0 Å². The molecule has 1 unspecified atom stereocenters. The van der Waals surface area contributed by atoms with E-state index in [4.69, 9.17) is 17.3 Å². The van der Waals surface area contributed by atoms with Gasteiger partial charge in [-0.15, -0.1) is 11.6 Å². The van der Waals surface area contributed by atoms with Gasteiger partial charge in [-0.2, -0.15) is 0 Å². The number of H-pyrrole nitrogens is 1. The summed E-state index contributed by atoms with van der Waals surface area (Å²) in [5, 5.41) is 6.64. The summed E-state index contributed by atoms with van der Waals surface area (Å²) in [6, 6.07) is 7.94. The first-order valence-electron chi connectivity index (χ1n) is 12.0. The Morgan fingerprint density at radius 3 is 2.48 bits per heavy atom. The maximum absolute atomic E-state index is 13.2. The number of halogens is 1. The van der Waals surface area contributed by atoms with Crippen LogP contribution in [0.4, 0.5) is 0 Å². The van der Waals surface area contributed by atoms with E-state index >= 15 is 0 Å².